The van der Waals surface area contributed by atoms with Gasteiger partial charge in [-0.15, -0.1) is 0 Å². The lowest BCUT2D eigenvalue weighted by molar-refractivity contribution is 0.495. The maximum absolute atomic E-state index is 4.23. The molecule has 1 aromatic rings. The fraction of sp³-hybridized carbons (Fsp3) is 0.769. The molecule has 0 spiro atoms. The van der Waals surface area contributed by atoms with Crippen LogP contribution in [0.4, 0.5) is 0 Å². The Hall–Kier alpha value is -0.830. The Bertz CT molecular complexity index is 315. The van der Waals surface area contributed by atoms with Crippen LogP contribution in [0, 0.1) is 5.92 Å². The van der Waals surface area contributed by atoms with Gasteiger partial charge in [-0.1, -0.05) is 19.8 Å². The van der Waals surface area contributed by atoms with Gasteiger partial charge >= 0.3 is 0 Å². The van der Waals surface area contributed by atoms with Crippen LogP contribution in [0.15, 0.2) is 12.4 Å². The first-order chi connectivity index (χ1) is 7.79. The van der Waals surface area contributed by atoms with E-state index in [0.29, 0.717) is 6.04 Å². The standard InChI is InChI=1S/C13H23N3/c1-3-13(12-9-15-16(2)10-12)14-8-4-5-11-6-7-11/h9-11,13-14H,3-8H2,1-2H3. The minimum atomic E-state index is 0.480. The van der Waals surface area contributed by atoms with Gasteiger partial charge < -0.3 is 5.32 Å². The molecule has 1 N–H and O–H groups in total. The highest BCUT2D eigenvalue weighted by atomic mass is 15.2. The molecular weight excluding hydrogens is 198 g/mol. The molecule has 1 aliphatic rings. The largest absolute Gasteiger partial charge is 0.310 e. The molecule has 16 heavy (non-hydrogen) atoms. The first kappa shape index (κ1) is 11.6. The highest BCUT2D eigenvalue weighted by Crippen LogP contribution is 2.33. The molecule has 1 fully saturated rings. The fourth-order valence-electron chi connectivity index (χ4n) is 2.19. The molecule has 1 unspecified atom stereocenters. The zero-order valence-corrected chi connectivity index (χ0v) is 10.4. The number of hydrogen-bond acceptors (Lipinski definition) is 2. The molecule has 0 saturated heterocycles. The minimum absolute atomic E-state index is 0.480. The van der Waals surface area contributed by atoms with Crippen LogP contribution in [0.5, 0.6) is 0 Å². The van der Waals surface area contributed by atoms with Crippen molar-refractivity contribution in [2.24, 2.45) is 13.0 Å². The van der Waals surface area contributed by atoms with Crippen LogP contribution < -0.4 is 5.32 Å². The summed E-state index contributed by atoms with van der Waals surface area (Å²) in [6.45, 7) is 3.37. The third-order valence-corrected chi connectivity index (χ3v) is 3.41. The van der Waals surface area contributed by atoms with E-state index in [1.165, 1.54) is 31.2 Å². The molecule has 1 heterocycles. The van der Waals surface area contributed by atoms with Crippen LogP contribution in [-0.4, -0.2) is 16.3 Å². The van der Waals surface area contributed by atoms with E-state index in [1.807, 2.05) is 17.9 Å². The Labute approximate surface area is 98.2 Å². The van der Waals surface area contributed by atoms with Crippen molar-refractivity contribution in [1.29, 1.82) is 0 Å². The summed E-state index contributed by atoms with van der Waals surface area (Å²) in [5, 5.41) is 7.86. The molecule has 3 nitrogen and oxygen atoms in total. The van der Waals surface area contributed by atoms with Gasteiger partial charge in [0.2, 0.25) is 0 Å². The van der Waals surface area contributed by atoms with E-state index in [2.05, 4.69) is 23.5 Å². The Morgan fingerprint density at radius 1 is 1.56 bits per heavy atom. The smallest absolute Gasteiger partial charge is 0.0537 e. The molecule has 0 aromatic carbocycles. The van der Waals surface area contributed by atoms with Crippen LogP contribution in [-0.2, 0) is 7.05 Å². The fourth-order valence-corrected chi connectivity index (χ4v) is 2.19. The molecule has 1 atom stereocenters. The summed E-state index contributed by atoms with van der Waals surface area (Å²) in [7, 11) is 1.98. The van der Waals surface area contributed by atoms with Crippen molar-refractivity contribution in [3.63, 3.8) is 0 Å². The predicted molar refractivity (Wildman–Crippen MR) is 66.2 cm³/mol. The van der Waals surface area contributed by atoms with Gasteiger partial charge in [0.15, 0.2) is 0 Å². The third-order valence-electron chi connectivity index (χ3n) is 3.41. The summed E-state index contributed by atoms with van der Waals surface area (Å²) in [5.74, 6) is 1.06. The van der Waals surface area contributed by atoms with E-state index < -0.39 is 0 Å². The Balaban J connectivity index is 1.71. The van der Waals surface area contributed by atoms with Crippen LogP contribution in [0.2, 0.25) is 0 Å². The van der Waals surface area contributed by atoms with Gasteiger partial charge in [-0.05, 0) is 31.7 Å². The van der Waals surface area contributed by atoms with Crippen LogP contribution in [0.25, 0.3) is 0 Å². The van der Waals surface area contributed by atoms with Gasteiger partial charge in [0.05, 0.1) is 6.20 Å². The molecule has 0 bridgehead atoms. The molecule has 0 radical (unpaired) electrons. The second kappa shape index (κ2) is 5.48. The molecule has 90 valence electrons. The topological polar surface area (TPSA) is 29.9 Å². The minimum Gasteiger partial charge on any atom is -0.310 e. The Kier molecular flexibility index (Phi) is 3.99. The van der Waals surface area contributed by atoms with Gasteiger partial charge in [0.1, 0.15) is 0 Å². The highest BCUT2D eigenvalue weighted by Gasteiger charge is 2.20. The zero-order chi connectivity index (χ0) is 11.4. The van der Waals surface area contributed by atoms with Crippen molar-refractivity contribution in [2.45, 2.75) is 45.1 Å². The summed E-state index contributed by atoms with van der Waals surface area (Å²) in [6, 6.07) is 0.480. The van der Waals surface area contributed by atoms with E-state index in [4.69, 9.17) is 0 Å². The number of rotatable bonds is 7. The lowest BCUT2D eigenvalue weighted by atomic mass is 10.1. The third kappa shape index (κ3) is 3.34. The van der Waals surface area contributed by atoms with E-state index in [0.717, 1.165) is 18.9 Å². The van der Waals surface area contributed by atoms with Crippen molar-refractivity contribution in [2.75, 3.05) is 6.54 Å². The van der Waals surface area contributed by atoms with Gasteiger partial charge in [-0.2, -0.15) is 5.10 Å². The van der Waals surface area contributed by atoms with Crippen molar-refractivity contribution >= 4 is 0 Å². The summed E-state index contributed by atoms with van der Waals surface area (Å²) < 4.78 is 1.88. The first-order valence-electron chi connectivity index (χ1n) is 6.51. The lowest BCUT2D eigenvalue weighted by Crippen LogP contribution is -2.21. The molecule has 1 saturated carbocycles. The van der Waals surface area contributed by atoms with Crippen molar-refractivity contribution in [3.05, 3.63) is 18.0 Å². The first-order valence-corrected chi connectivity index (χ1v) is 6.51. The van der Waals surface area contributed by atoms with E-state index in [-0.39, 0.29) is 0 Å². The second-order valence-electron chi connectivity index (χ2n) is 4.95. The predicted octanol–water partition coefficient (Wildman–Crippen LogP) is 2.65. The molecule has 0 amide bonds. The van der Waals surface area contributed by atoms with E-state index >= 15 is 0 Å². The van der Waals surface area contributed by atoms with Crippen LogP contribution in [0.3, 0.4) is 0 Å². The SMILES string of the molecule is CCC(NCCCC1CC1)c1cnn(C)c1. The van der Waals surface area contributed by atoms with Crippen molar-refractivity contribution in [3.8, 4) is 0 Å². The normalized spacial score (nSPS) is 17.6. The Morgan fingerprint density at radius 2 is 2.38 bits per heavy atom. The van der Waals surface area contributed by atoms with E-state index in [9.17, 15) is 0 Å². The van der Waals surface area contributed by atoms with Crippen molar-refractivity contribution < 1.29 is 0 Å². The number of aryl methyl sites for hydroxylation is 1. The second-order valence-corrected chi connectivity index (χ2v) is 4.95. The van der Waals surface area contributed by atoms with Gasteiger partial charge in [0, 0.05) is 24.8 Å². The van der Waals surface area contributed by atoms with Gasteiger partial charge in [-0.25, -0.2) is 0 Å². The number of aromatic nitrogens is 2. The average Bonchev–Trinajstić information content (AvgIpc) is 3.01. The lowest BCUT2D eigenvalue weighted by Gasteiger charge is -2.15. The van der Waals surface area contributed by atoms with Crippen LogP contribution >= 0.6 is 0 Å². The molecule has 1 aliphatic carbocycles. The monoisotopic (exact) mass is 221 g/mol. The summed E-state index contributed by atoms with van der Waals surface area (Å²) in [6.07, 6.45) is 10.9. The van der Waals surface area contributed by atoms with Gasteiger partial charge in [-0.3, -0.25) is 4.68 Å². The molecule has 2 rings (SSSR count). The number of nitrogens with zero attached hydrogens (tertiary/aromatic N) is 2. The van der Waals surface area contributed by atoms with E-state index in [1.54, 1.807) is 0 Å². The maximum atomic E-state index is 4.23. The number of nitrogens with one attached hydrogen (secondary N) is 1. The summed E-state index contributed by atoms with van der Waals surface area (Å²) >= 11 is 0. The van der Waals surface area contributed by atoms with Gasteiger partial charge in [0.25, 0.3) is 0 Å². The van der Waals surface area contributed by atoms with Crippen molar-refractivity contribution in [1.82, 2.24) is 15.1 Å². The molecular formula is C13H23N3. The average molecular weight is 221 g/mol. The summed E-state index contributed by atoms with van der Waals surface area (Å²) in [5.41, 5.74) is 1.32. The maximum Gasteiger partial charge on any atom is 0.0537 e. The van der Waals surface area contributed by atoms with Crippen LogP contribution in [0.1, 0.15) is 50.6 Å². The zero-order valence-electron chi connectivity index (χ0n) is 10.4. The number of hydrogen-bond donors (Lipinski definition) is 1. The highest BCUT2D eigenvalue weighted by molar-refractivity contribution is 5.09. The molecule has 0 aliphatic heterocycles. The summed E-state index contributed by atoms with van der Waals surface area (Å²) in [4.78, 5) is 0. The Morgan fingerprint density at radius 3 is 2.94 bits per heavy atom. The molecule has 3 heteroatoms. The molecule has 1 aromatic heterocycles. The quantitative estimate of drug-likeness (QED) is 0.717.